The summed E-state index contributed by atoms with van der Waals surface area (Å²) in [6.07, 6.45) is -0.428. The number of hydrogen-bond acceptors (Lipinski definition) is 4. The lowest BCUT2D eigenvalue weighted by Crippen LogP contribution is -2.37. The Morgan fingerprint density at radius 3 is 2.87 bits per heavy atom. The van der Waals surface area contributed by atoms with Crippen LogP contribution in [0.25, 0.3) is 21.8 Å². The van der Waals surface area contributed by atoms with E-state index in [2.05, 4.69) is 4.98 Å². The number of H-pyrrole nitrogens is 1. The molecule has 0 radical (unpaired) electrons. The van der Waals surface area contributed by atoms with Crippen LogP contribution in [0.5, 0.6) is 5.75 Å². The third-order valence-electron chi connectivity index (χ3n) is 5.95. The summed E-state index contributed by atoms with van der Waals surface area (Å²) >= 11 is 0. The third-order valence-corrected chi connectivity index (χ3v) is 5.95. The highest BCUT2D eigenvalue weighted by molar-refractivity contribution is 6.10. The van der Waals surface area contributed by atoms with Gasteiger partial charge in [-0.25, -0.2) is 4.39 Å². The van der Waals surface area contributed by atoms with E-state index in [0.717, 1.165) is 38.6 Å². The fourth-order valence-corrected chi connectivity index (χ4v) is 4.47. The first kappa shape index (κ1) is 19.5. The number of hydrogen-bond donors (Lipinski definition) is 2. The minimum Gasteiger partial charge on any atom is -0.494 e. The van der Waals surface area contributed by atoms with Crippen molar-refractivity contribution < 1.29 is 19.0 Å². The molecule has 0 spiro atoms. The van der Waals surface area contributed by atoms with E-state index in [0.29, 0.717) is 18.7 Å². The second-order valence-corrected chi connectivity index (χ2v) is 7.90. The Kier molecular flexibility index (Phi) is 4.63. The molecule has 5 rings (SSSR count). The van der Waals surface area contributed by atoms with Gasteiger partial charge in [0.1, 0.15) is 0 Å². The first-order valence-corrected chi connectivity index (χ1v) is 10.1. The van der Waals surface area contributed by atoms with E-state index in [9.17, 15) is 14.3 Å². The molecule has 2 N–H and O–H groups in total. The van der Waals surface area contributed by atoms with Crippen LogP contribution in [0, 0.1) is 5.82 Å². The molecule has 0 bridgehead atoms. The number of pyridine rings is 1. The standard InChI is InChI=1S/C24H22FN3O3/c1-13(29)28-11-19-23(20(30)12-28)22-15-5-3-4-6-17(15)27-24(22)18(26-19)10-14-7-8-21(31-2)16(25)9-14/h3-9,20,27,30H,10-12H2,1-2H3. The van der Waals surface area contributed by atoms with Gasteiger partial charge in [-0.3, -0.25) is 9.78 Å². The average molecular weight is 419 g/mol. The number of halogens is 1. The first-order valence-electron chi connectivity index (χ1n) is 10.1. The number of carbonyl (C=O) groups excluding carboxylic acids is 1. The minimum absolute atomic E-state index is 0.107. The Balaban J connectivity index is 1.72. The molecule has 2 aromatic heterocycles. The molecule has 0 aliphatic carbocycles. The highest BCUT2D eigenvalue weighted by Gasteiger charge is 2.30. The summed E-state index contributed by atoms with van der Waals surface area (Å²) in [7, 11) is 1.43. The number of rotatable bonds is 3. The summed E-state index contributed by atoms with van der Waals surface area (Å²) in [6.45, 7) is 2.06. The number of carbonyl (C=O) groups is 1. The summed E-state index contributed by atoms with van der Waals surface area (Å²) < 4.78 is 19.3. The molecule has 2 aromatic carbocycles. The van der Waals surface area contributed by atoms with Crippen molar-refractivity contribution in [1.29, 1.82) is 0 Å². The molecule has 1 aliphatic heterocycles. The number of β-amino-alcohol motifs (C(OH)–C–C–N with tert-alkyl or cyclic N) is 1. The minimum atomic E-state index is -0.825. The zero-order valence-corrected chi connectivity index (χ0v) is 17.3. The lowest BCUT2D eigenvalue weighted by molar-refractivity contribution is -0.131. The van der Waals surface area contributed by atoms with Crippen LogP contribution in [0.3, 0.4) is 0 Å². The summed E-state index contributed by atoms with van der Waals surface area (Å²) in [5.74, 6) is -0.341. The number of ether oxygens (including phenoxy) is 1. The zero-order chi connectivity index (χ0) is 21.7. The van der Waals surface area contributed by atoms with Gasteiger partial charge in [-0.2, -0.15) is 0 Å². The maximum Gasteiger partial charge on any atom is 0.219 e. The second kappa shape index (κ2) is 7.35. The number of amides is 1. The molecule has 1 atom stereocenters. The third kappa shape index (κ3) is 3.21. The number of nitrogens with zero attached hydrogens (tertiary/aromatic N) is 2. The van der Waals surface area contributed by atoms with Crippen molar-refractivity contribution in [1.82, 2.24) is 14.9 Å². The van der Waals surface area contributed by atoms with Gasteiger partial charge in [-0.1, -0.05) is 24.3 Å². The van der Waals surface area contributed by atoms with Crippen molar-refractivity contribution in [2.75, 3.05) is 13.7 Å². The smallest absolute Gasteiger partial charge is 0.219 e. The maximum absolute atomic E-state index is 14.3. The predicted molar refractivity (Wildman–Crippen MR) is 115 cm³/mol. The monoisotopic (exact) mass is 419 g/mol. The number of aromatic amines is 1. The summed E-state index contributed by atoms with van der Waals surface area (Å²) in [4.78, 5) is 21.9. The van der Waals surface area contributed by atoms with E-state index in [1.165, 1.54) is 20.1 Å². The van der Waals surface area contributed by atoms with Crippen molar-refractivity contribution >= 4 is 27.7 Å². The Morgan fingerprint density at radius 1 is 1.32 bits per heavy atom. The van der Waals surface area contributed by atoms with Gasteiger partial charge in [0.25, 0.3) is 0 Å². The maximum atomic E-state index is 14.3. The van der Waals surface area contributed by atoms with Gasteiger partial charge in [-0.15, -0.1) is 0 Å². The number of aromatic nitrogens is 2. The number of methoxy groups -OCH3 is 1. The molecule has 31 heavy (non-hydrogen) atoms. The quantitative estimate of drug-likeness (QED) is 0.529. The second-order valence-electron chi connectivity index (χ2n) is 7.90. The molecule has 6 nitrogen and oxygen atoms in total. The molecule has 4 aromatic rings. The Hall–Kier alpha value is -3.45. The van der Waals surface area contributed by atoms with Crippen LogP contribution >= 0.6 is 0 Å². The van der Waals surface area contributed by atoms with Gasteiger partial charge in [0.2, 0.25) is 5.91 Å². The van der Waals surface area contributed by atoms with Crippen LogP contribution in [0.15, 0.2) is 42.5 Å². The lowest BCUT2D eigenvalue weighted by atomic mass is 9.94. The number of nitrogens with one attached hydrogen (secondary N) is 1. The predicted octanol–water partition coefficient (Wildman–Crippen LogP) is 3.85. The largest absolute Gasteiger partial charge is 0.494 e. The van der Waals surface area contributed by atoms with Crippen molar-refractivity contribution in [3.8, 4) is 5.75 Å². The van der Waals surface area contributed by atoms with Gasteiger partial charge in [0.05, 0.1) is 43.2 Å². The molecular formula is C24H22FN3O3. The molecule has 0 fully saturated rings. The highest BCUT2D eigenvalue weighted by atomic mass is 19.1. The van der Waals surface area contributed by atoms with E-state index in [-0.39, 0.29) is 18.2 Å². The van der Waals surface area contributed by atoms with Crippen molar-refractivity contribution in [2.45, 2.75) is 26.0 Å². The molecule has 1 unspecified atom stereocenters. The van der Waals surface area contributed by atoms with Crippen LogP contribution < -0.4 is 4.74 Å². The van der Waals surface area contributed by atoms with E-state index in [4.69, 9.17) is 9.72 Å². The van der Waals surface area contributed by atoms with Crippen molar-refractivity contribution in [3.63, 3.8) is 0 Å². The number of aliphatic hydroxyl groups excluding tert-OH is 1. The van der Waals surface area contributed by atoms with Gasteiger partial charge in [0, 0.05) is 35.2 Å². The van der Waals surface area contributed by atoms with Crippen LogP contribution in [-0.2, 0) is 17.8 Å². The van der Waals surface area contributed by atoms with Crippen molar-refractivity contribution in [2.24, 2.45) is 0 Å². The first-order chi connectivity index (χ1) is 15.0. The highest BCUT2D eigenvalue weighted by Crippen LogP contribution is 2.38. The van der Waals surface area contributed by atoms with Crippen LogP contribution in [0.1, 0.15) is 35.5 Å². The molecular weight excluding hydrogens is 397 g/mol. The molecule has 158 valence electrons. The van der Waals surface area contributed by atoms with Gasteiger partial charge in [0.15, 0.2) is 11.6 Å². The number of benzene rings is 2. The van der Waals surface area contributed by atoms with E-state index in [1.807, 2.05) is 30.3 Å². The molecule has 0 saturated carbocycles. The van der Waals surface area contributed by atoms with Gasteiger partial charge in [-0.05, 0) is 23.8 Å². The lowest BCUT2D eigenvalue weighted by Gasteiger charge is -2.31. The van der Waals surface area contributed by atoms with E-state index >= 15 is 0 Å². The Morgan fingerprint density at radius 2 is 2.13 bits per heavy atom. The Labute approximate surface area is 178 Å². The molecule has 3 heterocycles. The zero-order valence-electron chi connectivity index (χ0n) is 17.3. The summed E-state index contributed by atoms with van der Waals surface area (Å²) in [6, 6.07) is 12.8. The van der Waals surface area contributed by atoms with Gasteiger partial charge < -0.3 is 19.7 Å². The molecule has 7 heteroatoms. The SMILES string of the molecule is COc1ccc(Cc2nc3c(c4c2[nH]c2ccccc24)C(O)CN(C(C)=O)C3)cc1F. The molecule has 1 amide bonds. The normalized spacial score (nSPS) is 16.0. The number of fused-ring (bicyclic) bond motifs is 5. The average Bonchev–Trinajstić information content (AvgIpc) is 3.13. The summed E-state index contributed by atoms with van der Waals surface area (Å²) in [5, 5.41) is 12.8. The number of aliphatic hydroxyl groups is 1. The Bertz CT molecular complexity index is 1330. The van der Waals surface area contributed by atoms with Crippen molar-refractivity contribution in [3.05, 3.63) is 70.8 Å². The molecule has 1 aliphatic rings. The topological polar surface area (TPSA) is 78.5 Å². The van der Waals surface area contributed by atoms with E-state index < -0.39 is 11.9 Å². The number of para-hydroxylation sites is 1. The van der Waals surface area contributed by atoms with Gasteiger partial charge >= 0.3 is 0 Å². The van der Waals surface area contributed by atoms with Crippen LogP contribution in [0.4, 0.5) is 4.39 Å². The summed E-state index contributed by atoms with van der Waals surface area (Å²) in [5.41, 5.74) is 4.70. The van der Waals surface area contributed by atoms with Crippen LogP contribution in [0.2, 0.25) is 0 Å². The fraction of sp³-hybridized carbons (Fsp3) is 0.250. The molecule has 0 saturated heterocycles. The van der Waals surface area contributed by atoms with E-state index in [1.54, 1.807) is 11.0 Å². The fourth-order valence-electron chi connectivity index (χ4n) is 4.47. The van der Waals surface area contributed by atoms with Crippen LogP contribution in [-0.4, -0.2) is 39.5 Å².